The van der Waals surface area contributed by atoms with Gasteiger partial charge in [-0.2, -0.15) is 0 Å². The number of ether oxygens (including phenoxy) is 1. The molecular weight excluding hydrogens is 404 g/mol. The third-order valence-electron chi connectivity index (χ3n) is 6.23. The van der Waals surface area contributed by atoms with Crippen LogP contribution in [0.3, 0.4) is 0 Å². The van der Waals surface area contributed by atoms with Crippen molar-refractivity contribution in [3.05, 3.63) is 59.2 Å². The molecule has 2 heterocycles. The fourth-order valence-corrected chi connectivity index (χ4v) is 4.69. The van der Waals surface area contributed by atoms with Gasteiger partial charge >= 0.3 is 6.09 Å². The molecule has 2 atom stereocenters. The van der Waals surface area contributed by atoms with E-state index in [0.29, 0.717) is 30.8 Å². The lowest BCUT2D eigenvalue weighted by Gasteiger charge is -2.25. The van der Waals surface area contributed by atoms with Crippen molar-refractivity contribution in [3.8, 4) is 11.1 Å². The van der Waals surface area contributed by atoms with Crippen molar-refractivity contribution < 1.29 is 19.1 Å². The third kappa shape index (κ3) is 4.27. The van der Waals surface area contributed by atoms with E-state index in [-0.39, 0.29) is 29.6 Å². The predicted octanol–water partition coefficient (Wildman–Crippen LogP) is 4.59. The van der Waals surface area contributed by atoms with E-state index < -0.39 is 5.60 Å². The van der Waals surface area contributed by atoms with Gasteiger partial charge in [-0.3, -0.25) is 9.59 Å². The smallest absolute Gasteiger partial charge is 0.410 e. The summed E-state index contributed by atoms with van der Waals surface area (Å²) < 4.78 is 5.58. The molecule has 6 nitrogen and oxygen atoms in total. The van der Waals surface area contributed by atoms with Gasteiger partial charge in [0.05, 0.1) is 0 Å². The van der Waals surface area contributed by atoms with E-state index in [4.69, 9.17) is 4.74 Å². The molecule has 32 heavy (non-hydrogen) atoms. The Morgan fingerprint density at radius 2 is 1.72 bits per heavy atom. The summed E-state index contributed by atoms with van der Waals surface area (Å²) in [7, 11) is 1.81. The van der Waals surface area contributed by atoms with E-state index >= 15 is 0 Å². The Bertz CT molecular complexity index is 1090. The molecule has 0 aliphatic carbocycles. The first kappa shape index (κ1) is 22.1. The highest BCUT2D eigenvalue weighted by molar-refractivity contribution is 5.98. The lowest BCUT2D eigenvalue weighted by molar-refractivity contribution is 0.0284. The number of ketones is 1. The van der Waals surface area contributed by atoms with Gasteiger partial charge in [-0.25, -0.2) is 4.79 Å². The molecule has 1 saturated heterocycles. The van der Waals surface area contributed by atoms with Gasteiger partial charge in [-0.15, -0.1) is 0 Å². The van der Waals surface area contributed by atoms with Crippen LogP contribution in [0.25, 0.3) is 11.1 Å². The van der Waals surface area contributed by atoms with Gasteiger partial charge in [-0.05, 0) is 56.5 Å². The Balaban J connectivity index is 1.69. The van der Waals surface area contributed by atoms with Gasteiger partial charge in [0, 0.05) is 49.6 Å². The average Bonchev–Trinajstić information content (AvgIpc) is 3.11. The highest BCUT2D eigenvalue weighted by atomic mass is 16.6. The molecule has 2 aliphatic heterocycles. The van der Waals surface area contributed by atoms with Crippen LogP contribution in [0, 0.1) is 5.92 Å². The van der Waals surface area contributed by atoms with Crippen LogP contribution in [0.1, 0.15) is 59.9 Å². The number of carbonyl (C=O) groups is 3. The molecule has 4 rings (SSSR count). The molecule has 0 N–H and O–H groups in total. The molecule has 168 valence electrons. The standard InChI is InChI=1S/C26H30N2O4/c1-16(29)17-7-6-8-18(11-17)19-9-10-21-22(12-19)24(30)27(5)13-20-14-28(15-23(20)21)25(31)32-26(2,3)4/h6-12,20,23H,13-15H2,1-5H3/t20-,23-/m1/s1. The number of carbonyl (C=O) groups excluding carboxylic acids is 3. The van der Waals surface area contributed by atoms with Gasteiger partial charge in [0.2, 0.25) is 0 Å². The summed E-state index contributed by atoms with van der Waals surface area (Å²) in [5, 5.41) is 0. The summed E-state index contributed by atoms with van der Waals surface area (Å²) in [6, 6.07) is 13.4. The number of hydrogen-bond donors (Lipinski definition) is 0. The first-order valence-electron chi connectivity index (χ1n) is 11.0. The van der Waals surface area contributed by atoms with E-state index in [0.717, 1.165) is 16.7 Å². The molecule has 2 amide bonds. The molecule has 0 spiro atoms. The number of rotatable bonds is 2. The van der Waals surface area contributed by atoms with Crippen molar-refractivity contribution in [3.63, 3.8) is 0 Å². The lowest BCUT2D eigenvalue weighted by Crippen LogP contribution is -2.37. The minimum Gasteiger partial charge on any atom is -0.444 e. The van der Waals surface area contributed by atoms with Crippen molar-refractivity contribution in [2.75, 3.05) is 26.7 Å². The van der Waals surface area contributed by atoms with E-state index in [1.54, 1.807) is 22.8 Å². The van der Waals surface area contributed by atoms with Crippen LogP contribution in [0.2, 0.25) is 0 Å². The molecule has 0 radical (unpaired) electrons. The van der Waals surface area contributed by atoms with Gasteiger partial charge in [-0.1, -0.05) is 30.3 Å². The second kappa shape index (κ2) is 8.08. The van der Waals surface area contributed by atoms with Crippen molar-refractivity contribution in [2.45, 2.75) is 39.2 Å². The number of nitrogens with zero attached hydrogens (tertiary/aromatic N) is 2. The molecule has 6 heteroatoms. The highest BCUT2D eigenvalue weighted by Gasteiger charge is 2.42. The minimum atomic E-state index is -0.546. The third-order valence-corrected chi connectivity index (χ3v) is 6.23. The SMILES string of the molecule is CC(=O)c1cccc(-c2ccc3c(c2)C(=O)N(C)C[C@@H]2CN(C(=O)OC(C)(C)C)C[C@@H]32)c1. The maximum absolute atomic E-state index is 13.2. The monoisotopic (exact) mass is 434 g/mol. The number of Topliss-reactive ketones (excluding diaryl/α,β-unsaturated/α-hetero) is 1. The van der Waals surface area contributed by atoms with E-state index in [9.17, 15) is 14.4 Å². The Kier molecular flexibility index (Phi) is 5.57. The zero-order valence-corrected chi connectivity index (χ0v) is 19.3. The fourth-order valence-electron chi connectivity index (χ4n) is 4.69. The number of fused-ring (bicyclic) bond motifs is 3. The van der Waals surface area contributed by atoms with Crippen LogP contribution in [-0.2, 0) is 4.74 Å². The molecule has 2 aromatic rings. The molecule has 1 fully saturated rings. The summed E-state index contributed by atoms with van der Waals surface area (Å²) in [4.78, 5) is 41.2. The molecule has 0 unspecified atom stereocenters. The molecule has 0 saturated carbocycles. The van der Waals surface area contributed by atoms with Gasteiger partial charge in [0.1, 0.15) is 5.60 Å². The van der Waals surface area contributed by atoms with Crippen molar-refractivity contribution in [1.82, 2.24) is 9.80 Å². The van der Waals surface area contributed by atoms with Crippen LogP contribution in [0.15, 0.2) is 42.5 Å². The summed E-state index contributed by atoms with van der Waals surface area (Å²) in [6.45, 7) is 8.83. The molecule has 0 bridgehead atoms. The highest BCUT2D eigenvalue weighted by Crippen LogP contribution is 2.39. The second-order valence-electron chi connectivity index (χ2n) is 9.88. The zero-order valence-electron chi connectivity index (χ0n) is 19.3. The van der Waals surface area contributed by atoms with Crippen LogP contribution < -0.4 is 0 Å². The lowest BCUT2D eigenvalue weighted by atomic mass is 9.86. The molecule has 2 aliphatic rings. The molecule has 2 aromatic carbocycles. The Morgan fingerprint density at radius 3 is 2.41 bits per heavy atom. The second-order valence-corrected chi connectivity index (χ2v) is 9.88. The largest absolute Gasteiger partial charge is 0.444 e. The maximum atomic E-state index is 13.2. The van der Waals surface area contributed by atoms with Gasteiger partial charge in [0.15, 0.2) is 5.78 Å². The van der Waals surface area contributed by atoms with Gasteiger partial charge < -0.3 is 14.5 Å². The number of amides is 2. The number of likely N-dealkylation sites (tertiary alicyclic amines) is 1. The van der Waals surface area contributed by atoms with Crippen molar-refractivity contribution in [2.24, 2.45) is 5.92 Å². The van der Waals surface area contributed by atoms with E-state index in [2.05, 4.69) is 0 Å². The maximum Gasteiger partial charge on any atom is 0.410 e. The topological polar surface area (TPSA) is 66.9 Å². The zero-order chi connectivity index (χ0) is 23.2. The first-order chi connectivity index (χ1) is 15.0. The molecular formula is C26H30N2O4. The summed E-state index contributed by atoms with van der Waals surface area (Å²) in [6.07, 6.45) is -0.307. The number of benzene rings is 2. The fraction of sp³-hybridized carbons (Fsp3) is 0.423. The van der Waals surface area contributed by atoms with Crippen LogP contribution in [0.5, 0.6) is 0 Å². The summed E-state index contributed by atoms with van der Waals surface area (Å²) in [5.41, 5.74) is 3.53. The van der Waals surface area contributed by atoms with E-state index in [1.807, 2.05) is 64.2 Å². The average molecular weight is 435 g/mol. The predicted molar refractivity (Wildman–Crippen MR) is 123 cm³/mol. The first-order valence-corrected chi connectivity index (χ1v) is 11.0. The van der Waals surface area contributed by atoms with Gasteiger partial charge in [0.25, 0.3) is 5.91 Å². The van der Waals surface area contributed by atoms with E-state index in [1.165, 1.54) is 0 Å². The summed E-state index contributed by atoms with van der Waals surface area (Å²) in [5.74, 6) is 0.227. The summed E-state index contributed by atoms with van der Waals surface area (Å²) >= 11 is 0. The minimum absolute atomic E-state index is 0.00783. The molecule has 0 aromatic heterocycles. The van der Waals surface area contributed by atoms with Crippen LogP contribution >= 0.6 is 0 Å². The Hall–Kier alpha value is -3.15. The normalized spacial score (nSPS) is 20.5. The Morgan fingerprint density at radius 1 is 1.00 bits per heavy atom. The van der Waals surface area contributed by atoms with Crippen molar-refractivity contribution in [1.29, 1.82) is 0 Å². The quantitative estimate of drug-likeness (QED) is 0.649. The van der Waals surface area contributed by atoms with Crippen molar-refractivity contribution >= 4 is 17.8 Å². The van der Waals surface area contributed by atoms with Crippen LogP contribution in [-0.4, -0.2) is 59.9 Å². The van der Waals surface area contributed by atoms with Crippen LogP contribution in [0.4, 0.5) is 4.79 Å². The Labute approximate surface area is 189 Å². The number of hydrogen-bond acceptors (Lipinski definition) is 4.